The summed E-state index contributed by atoms with van der Waals surface area (Å²) in [5.74, 6) is 1.75. The van der Waals surface area contributed by atoms with E-state index in [1.807, 2.05) is 12.3 Å². The van der Waals surface area contributed by atoms with Gasteiger partial charge < -0.3 is 4.90 Å². The van der Waals surface area contributed by atoms with E-state index in [0.717, 1.165) is 28.7 Å². The number of hydrogen-bond donors (Lipinski definition) is 0. The molecule has 2 heterocycles. The maximum atomic E-state index is 4.42. The van der Waals surface area contributed by atoms with Gasteiger partial charge in [0.2, 0.25) is 5.95 Å². The summed E-state index contributed by atoms with van der Waals surface area (Å²) in [6.45, 7) is 4.51. The summed E-state index contributed by atoms with van der Waals surface area (Å²) in [7, 11) is 0. The molecule has 4 heteroatoms. The number of aromatic nitrogens is 2. The fourth-order valence-electron chi connectivity index (χ4n) is 1.69. The van der Waals surface area contributed by atoms with Crippen molar-refractivity contribution in [3.05, 3.63) is 16.0 Å². The third kappa shape index (κ3) is 2.34. The van der Waals surface area contributed by atoms with E-state index in [-0.39, 0.29) is 0 Å². The topological polar surface area (TPSA) is 29.0 Å². The van der Waals surface area contributed by atoms with Crippen LogP contribution in [0.25, 0.3) is 0 Å². The molecule has 0 bridgehead atoms. The summed E-state index contributed by atoms with van der Waals surface area (Å²) in [4.78, 5) is 11.0. The first kappa shape index (κ1) is 10.1. The van der Waals surface area contributed by atoms with Crippen molar-refractivity contribution in [2.45, 2.75) is 19.8 Å². The molecule has 14 heavy (non-hydrogen) atoms. The molecule has 1 aromatic heterocycles. The summed E-state index contributed by atoms with van der Waals surface area (Å²) >= 11 is 2.23. The lowest BCUT2D eigenvalue weighted by Gasteiger charge is -2.30. The van der Waals surface area contributed by atoms with Gasteiger partial charge in [-0.2, -0.15) is 0 Å². The zero-order valence-electron chi connectivity index (χ0n) is 8.28. The van der Waals surface area contributed by atoms with Crippen LogP contribution in [0.3, 0.4) is 0 Å². The minimum atomic E-state index is 0.856. The molecule has 0 unspecified atom stereocenters. The Morgan fingerprint density at radius 3 is 2.79 bits per heavy atom. The van der Waals surface area contributed by atoms with Crippen molar-refractivity contribution in [3.8, 4) is 0 Å². The fourth-order valence-corrected chi connectivity index (χ4v) is 2.06. The van der Waals surface area contributed by atoms with Crippen molar-refractivity contribution in [2.75, 3.05) is 18.0 Å². The monoisotopic (exact) mass is 303 g/mol. The molecule has 3 nitrogen and oxygen atoms in total. The molecule has 0 spiro atoms. The van der Waals surface area contributed by atoms with Crippen LogP contribution in [-0.4, -0.2) is 23.1 Å². The van der Waals surface area contributed by atoms with Gasteiger partial charge in [-0.25, -0.2) is 9.97 Å². The van der Waals surface area contributed by atoms with Gasteiger partial charge in [0, 0.05) is 19.3 Å². The first-order valence-electron chi connectivity index (χ1n) is 4.99. The number of nitrogens with zero attached hydrogens (tertiary/aromatic N) is 3. The predicted octanol–water partition coefficient (Wildman–Crippen LogP) is 2.32. The Morgan fingerprint density at radius 2 is 2.14 bits per heavy atom. The molecule has 0 radical (unpaired) electrons. The fraction of sp³-hybridized carbons (Fsp3) is 0.600. The van der Waals surface area contributed by atoms with Crippen LogP contribution in [0.5, 0.6) is 0 Å². The Labute approximate surface area is 98.1 Å². The number of halogens is 1. The zero-order chi connectivity index (χ0) is 9.97. The molecule has 2 rings (SSSR count). The van der Waals surface area contributed by atoms with Crippen molar-refractivity contribution in [2.24, 2.45) is 5.92 Å². The second-order valence-corrected chi connectivity index (χ2v) is 4.95. The summed E-state index contributed by atoms with van der Waals surface area (Å²) in [6.07, 6.45) is 4.35. The van der Waals surface area contributed by atoms with E-state index in [1.54, 1.807) is 0 Å². The van der Waals surface area contributed by atoms with Gasteiger partial charge in [0.15, 0.2) is 0 Å². The van der Waals surface area contributed by atoms with Crippen LogP contribution < -0.4 is 4.90 Å². The normalized spacial score (nSPS) is 18.6. The van der Waals surface area contributed by atoms with Crippen LogP contribution in [0, 0.1) is 9.62 Å². The molecule has 0 aliphatic carbocycles. The third-order valence-corrected chi connectivity index (χ3v) is 3.28. The maximum Gasteiger partial charge on any atom is 0.226 e. The highest BCUT2D eigenvalue weighted by Gasteiger charge is 2.17. The summed E-state index contributed by atoms with van der Waals surface area (Å²) in [5.41, 5.74) is 0. The summed E-state index contributed by atoms with van der Waals surface area (Å²) in [5, 5.41) is 0. The van der Waals surface area contributed by atoms with Crippen LogP contribution >= 0.6 is 22.6 Å². The highest BCUT2D eigenvalue weighted by atomic mass is 127. The molecular formula is C10H14IN3. The van der Waals surface area contributed by atoms with E-state index in [9.17, 15) is 0 Å². The molecule has 1 fully saturated rings. The molecule has 0 saturated carbocycles. The molecule has 0 N–H and O–H groups in total. The summed E-state index contributed by atoms with van der Waals surface area (Å²) < 4.78 is 1.02. The van der Waals surface area contributed by atoms with Crippen LogP contribution in [0.4, 0.5) is 5.95 Å². The van der Waals surface area contributed by atoms with E-state index in [2.05, 4.69) is 44.4 Å². The lowest BCUT2D eigenvalue weighted by Crippen LogP contribution is -2.34. The smallest absolute Gasteiger partial charge is 0.226 e. The minimum absolute atomic E-state index is 0.856. The Morgan fingerprint density at radius 1 is 1.43 bits per heavy atom. The lowest BCUT2D eigenvalue weighted by atomic mass is 10.00. The SMILES string of the molecule is CC1CCN(c2nccc(I)n2)CC1. The first-order valence-corrected chi connectivity index (χ1v) is 6.07. The van der Waals surface area contributed by atoms with Gasteiger partial charge in [-0.1, -0.05) is 6.92 Å². The minimum Gasteiger partial charge on any atom is -0.341 e. The molecule has 0 atom stereocenters. The Hall–Kier alpha value is -0.390. The second kappa shape index (κ2) is 4.42. The number of piperidine rings is 1. The van der Waals surface area contributed by atoms with Gasteiger partial charge in [0.1, 0.15) is 3.70 Å². The molecule has 0 amide bonds. The van der Waals surface area contributed by atoms with Crippen LogP contribution in [0.15, 0.2) is 12.3 Å². The van der Waals surface area contributed by atoms with E-state index in [1.165, 1.54) is 12.8 Å². The highest BCUT2D eigenvalue weighted by Crippen LogP contribution is 2.19. The van der Waals surface area contributed by atoms with Crippen molar-refractivity contribution in [1.29, 1.82) is 0 Å². The Kier molecular flexibility index (Phi) is 3.20. The Bertz CT molecular complexity index is 308. The zero-order valence-corrected chi connectivity index (χ0v) is 10.4. The maximum absolute atomic E-state index is 4.42. The average molecular weight is 303 g/mol. The molecule has 1 saturated heterocycles. The number of rotatable bonds is 1. The largest absolute Gasteiger partial charge is 0.341 e. The van der Waals surface area contributed by atoms with E-state index in [0.29, 0.717) is 0 Å². The molecular weight excluding hydrogens is 289 g/mol. The summed E-state index contributed by atoms with van der Waals surface area (Å²) in [6, 6.07) is 1.93. The predicted molar refractivity (Wildman–Crippen MR) is 65.4 cm³/mol. The molecule has 1 aliphatic rings. The van der Waals surface area contributed by atoms with Crippen molar-refractivity contribution in [1.82, 2.24) is 9.97 Å². The third-order valence-electron chi connectivity index (χ3n) is 2.68. The number of hydrogen-bond acceptors (Lipinski definition) is 3. The molecule has 76 valence electrons. The van der Waals surface area contributed by atoms with Gasteiger partial charge in [-0.3, -0.25) is 0 Å². The van der Waals surface area contributed by atoms with Gasteiger partial charge >= 0.3 is 0 Å². The molecule has 1 aromatic rings. The van der Waals surface area contributed by atoms with Crippen molar-refractivity contribution >= 4 is 28.5 Å². The van der Waals surface area contributed by atoms with Gasteiger partial charge in [0.05, 0.1) is 0 Å². The van der Waals surface area contributed by atoms with Gasteiger partial charge in [-0.15, -0.1) is 0 Å². The first-order chi connectivity index (χ1) is 6.75. The van der Waals surface area contributed by atoms with Crippen molar-refractivity contribution in [3.63, 3.8) is 0 Å². The van der Waals surface area contributed by atoms with Crippen molar-refractivity contribution < 1.29 is 0 Å². The quantitative estimate of drug-likeness (QED) is 0.589. The number of anilines is 1. The molecule has 1 aliphatic heterocycles. The van der Waals surface area contributed by atoms with E-state index < -0.39 is 0 Å². The van der Waals surface area contributed by atoms with Crippen LogP contribution in [0.2, 0.25) is 0 Å². The van der Waals surface area contributed by atoms with Crippen LogP contribution in [0.1, 0.15) is 19.8 Å². The van der Waals surface area contributed by atoms with Gasteiger partial charge in [-0.05, 0) is 47.4 Å². The van der Waals surface area contributed by atoms with E-state index >= 15 is 0 Å². The highest BCUT2D eigenvalue weighted by molar-refractivity contribution is 14.1. The van der Waals surface area contributed by atoms with Gasteiger partial charge in [0.25, 0.3) is 0 Å². The Balaban J connectivity index is 2.08. The molecule has 0 aromatic carbocycles. The average Bonchev–Trinajstić information content (AvgIpc) is 2.19. The van der Waals surface area contributed by atoms with E-state index in [4.69, 9.17) is 0 Å². The van der Waals surface area contributed by atoms with Crippen LogP contribution in [-0.2, 0) is 0 Å². The standard InChI is InChI=1S/C10H14IN3/c1-8-3-6-14(7-4-8)10-12-5-2-9(11)13-10/h2,5,8H,3-4,6-7H2,1H3. The second-order valence-electron chi connectivity index (χ2n) is 3.85. The lowest BCUT2D eigenvalue weighted by molar-refractivity contribution is 0.434.